The van der Waals surface area contributed by atoms with E-state index in [1.165, 1.54) is 45.6 Å². The number of hydrogen-bond acceptors (Lipinski definition) is 1. The van der Waals surface area contributed by atoms with Crippen LogP contribution < -0.4 is 5.73 Å². The molecule has 0 saturated heterocycles. The lowest BCUT2D eigenvalue weighted by Crippen LogP contribution is -1.99. The van der Waals surface area contributed by atoms with Gasteiger partial charge in [-0.05, 0) is 13.0 Å². The summed E-state index contributed by atoms with van der Waals surface area (Å²) in [6, 6.07) is 0. The molecule has 1 aliphatic carbocycles. The first-order chi connectivity index (χ1) is 5.81. The van der Waals surface area contributed by atoms with E-state index in [1.54, 1.807) is 0 Å². The number of nitrogens with two attached hydrogens (primary N) is 1. The van der Waals surface area contributed by atoms with E-state index in [-0.39, 0.29) is 0 Å². The maximum absolute atomic E-state index is 4.50. The molecule has 0 unspecified atom stereocenters. The normalized spacial score (nSPS) is 16.8. The van der Waals surface area contributed by atoms with Crippen LogP contribution in [-0.2, 0) is 0 Å². The van der Waals surface area contributed by atoms with Crippen molar-refractivity contribution in [3.05, 3.63) is 0 Å². The monoisotopic (exact) mass is 173 g/mol. The molecule has 1 saturated carbocycles. The maximum atomic E-state index is 4.50. The van der Waals surface area contributed by atoms with Crippen LogP contribution in [0.15, 0.2) is 0 Å². The van der Waals surface area contributed by atoms with Crippen LogP contribution in [0.5, 0.6) is 0 Å². The highest BCUT2D eigenvalue weighted by molar-refractivity contribution is 4.59. The van der Waals surface area contributed by atoms with Crippen molar-refractivity contribution in [3.63, 3.8) is 0 Å². The van der Waals surface area contributed by atoms with Gasteiger partial charge in [0.2, 0.25) is 0 Å². The molecule has 1 aliphatic rings. The van der Waals surface area contributed by atoms with Crippen molar-refractivity contribution in [2.24, 2.45) is 11.7 Å². The summed E-state index contributed by atoms with van der Waals surface area (Å²) in [6.45, 7) is 6.61. The minimum Gasteiger partial charge on any atom is -0.333 e. The van der Waals surface area contributed by atoms with Crippen LogP contribution in [0.3, 0.4) is 0 Å². The molecule has 0 aromatic carbocycles. The first kappa shape index (κ1) is 14.5. The zero-order valence-electron chi connectivity index (χ0n) is 9.40. The average Bonchev–Trinajstić information content (AvgIpc) is 2.11. The Hall–Kier alpha value is -0.0400. The molecular weight excluding hydrogens is 146 g/mol. The molecule has 76 valence electrons. The predicted molar refractivity (Wildman–Crippen MR) is 58.3 cm³/mol. The van der Waals surface area contributed by atoms with Crippen LogP contribution >= 0.6 is 0 Å². The van der Waals surface area contributed by atoms with E-state index >= 15 is 0 Å². The fourth-order valence-electron chi connectivity index (χ4n) is 1.31. The molecule has 12 heavy (non-hydrogen) atoms. The highest BCUT2D eigenvalue weighted by Gasteiger charge is 2.05. The van der Waals surface area contributed by atoms with Gasteiger partial charge in [-0.2, -0.15) is 0 Å². The van der Waals surface area contributed by atoms with Crippen LogP contribution in [0.25, 0.3) is 0 Å². The predicted octanol–water partition coefficient (Wildman–Crippen LogP) is 3.58. The first-order valence-corrected chi connectivity index (χ1v) is 5.39. The largest absolute Gasteiger partial charge is 0.333 e. The molecule has 1 rings (SSSR count). The minimum absolute atomic E-state index is 1.04. The van der Waals surface area contributed by atoms with Crippen LogP contribution in [0.2, 0.25) is 0 Å². The van der Waals surface area contributed by atoms with Gasteiger partial charge in [-0.3, -0.25) is 0 Å². The molecule has 0 radical (unpaired) electrons. The Bertz CT molecular complexity index is 56.0. The Balaban J connectivity index is 0. The van der Waals surface area contributed by atoms with Crippen molar-refractivity contribution in [2.75, 3.05) is 7.05 Å². The van der Waals surface area contributed by atoms with Gasteiger partial charge in [0.25, 0.3) is 0 Å². The van der Waals surface area contributed by atoms with Gasteiger partial charge in [-0.15, -0.1) is 0 Å². The lowest BCUT2D eigenvalue weighted by atomic mass is 9.91. The SMILES string of the molecule is CC1CCCCC1.CCC.CN. The van der Waals surface area contributed by atoms with E-state index in [9.17, 15) is 0 Å². The molecule has 0 amide bonds. The van der Waals surface area contributed by atoms with Gasteiger partial charge in [-0.1, -0.05) is 59.3 Å². The van der Waals surface area contributed by atoms with Gasteiger partial charge in [0.15, 0.2) is 0 Å². The Morgan fingerprint density at radius 3 is 1.50 bits per heavy atom. The third-order valence-corrected chi connectivity index (χ3v) is 1.89. The summed E-state index contributed by atoms with van der Waals surface area (Å²) in [6.07, 6.45) is 8.69. The number of hydrogen-bond donors (Lipinski definition) is 1. The van der Waals surface area contributed by atoms with Crippen LogP contribution in [0.4, 0.5) is 0 Å². The minimum atomic E-state index is 1.04. The van der Waals surface area contributed by atoms with Gasteiger partial charge in [0.1, 0.15) is 0 Å². The second kappa shape index (κ2) is 13.5. The molecule has 0 aromatic rings. The van der Waals surface area contributed by atoms with Crippen molar-refractivity contribution in [2.45, 2.75) is 59.3 Å². The Kier molecular flexibility index (Phi) is 16.3. The van der Waals surface area contributed by atoms with Crippen molar-refractivity contribution < 1.29 is 0 Å². The molecule has 0 atom stereocenters. The lowest BCUT2D eigenvalue weighted by Gasteiger charge is -2.15. The number of rotatable bonds is 0. The van der Waals surface area contributed by atoms with E-state index in [0.717, 1.165) is 5.92 Å². The highest BCUT2D eigenvalue weighted by Crippen LogP contribution is 2.21. The molecule has 1 heteroatoms. The summed E-state index contributed by atoms with van der Waals surface area (Å²) in [4.78, 5) is 0. The smallest absolute Gasteiger partial charge is 0.0195 e. The quantitative estimate of drug-likeness (QED) is 0.595. The third-order valence-electron chi connectivity index (χ3n) is 1.89. The molecule has 1 nitrogen and oxygen atoms in total. The average molecular weight is 173 g/mol. The summed E-state index contributed by atoms with van der Waals surface area (Å²) in [5.41, 5.74) is 4.50. The fraction of sp³-hybridized carbons (Fsp3) is 1.00. The summed E-state index contributed by atoms with van der Waals surface area (Å²) >= 11 is 0. The van der Waals surface area contributed by atoms with Crippen LogP contribution in [-0.4, -0.2) is 7.05 Å². The second-order valence-electron chi connectivity index (χ2n) is 3.45. The first-order valence-electron chi connectivity index (χ1n) is 5.39. The third kappa shape index (κ3) is 12.6. The van der Waals surface area contributed by atoms with Crippen molar-refractivity contribution in [3.8, 4) is 0 Å². The van der Waals surface area contributed by atoms with E-state index < -0.39 is 0 Å². The molecule has 0 aromatic heterocycles. The molecular formula is C11H27N. The fourth-order valence-corrected chi connectivity index (χ4v) is 1.31. The molecule has 0 aliphatic heterocycles. The topological polar surface area (TPSA) is 26.0 Å². The van der Waals surface area contributed by atoms with Crippen molar-refractivity contribution >= 4 is 0 Å². The summed E-state index contributed by atoms with van der Waals surface area (Å²) in [5.74, 6) is 1.04. The molecule has 0 spiro atoms. The standard InChI is InChI=1S/C7H14.C3H8.CH5N/c1-7-5-3-2-4-6-7;1-3-2;1-2/h7H,2-6H2,1H3;3H2,1-2H3;2H2,1H3. The Morgan fingerprint density at radius 1 is 1.00 bits per heavy atom. The summed E-state index contributed by atoms with van der Waals surface area (Å²) < 4.78 is 0. The Labute approximate surface area is 78.7 Å². The molecule has 1 fully saturated rings. The van der Waals surface area contributed by atoms with Crippen molar-refractivity contribution in [1.82, 2.24) is 0 Å². The molecule has 2 N–H and O–H groups in total. The van der Waals surface area contributed by atoms with Crippen LogP contribution in [0, 0.1) is 5.92 Å². The van der Waals surface area contributed by atoms with E-state index in [2.05, 4.69) is 26.5 Å². The lowest BCUT2D eigenvalue weighted by molar-refractivity contribution is 0.385. The van der Waals surface area contributed by atoms with Gasteiger partial charge in [0, 0.05) is 0 Å². The zero-order valence-corrected chi connectivity index (χ0v) is 9.40. The maximum Gasteiger partial charge on any atom is -0.0195 e. The Morgan fingerprint density at radius 2 is 1.33 bits per heavy atom. The summed E-state index contributed by atoms with van der Waals surface area (Å²) in [7, 11) is 1.50. The van der Waals surface area contributed by atoms with Gasteiger partial charge in [-0.25, -0.2) is 0 Å². The molecule has 0 bridgehead atoms. The zero-order chi connectivity index (χ0) is 9.82. The van der Waals surface area contributed by atoms with E-state index in [4.69, 9.17) is 0 Å². The van der Waals surface area contributed by atoms with E-state index in [0.29, 0.717) is 0 Å². The molecule has 0 heterocycles. The van der Waals surface area contributed by atoms with Gasteiger partial charge in [0.05, 0.1) is 0 Å². The van der Waals surface area contributed by atoms with Crippen molar-refractivity contribution in [1.29, 1.82) is 0 Å². The van der Waals surface area contributed by atoms with Gasteiger partial charge >= 0.3 is 0 Å². The van der Waals surface area contributed by atoms with E-state index in [1.807, 2.05) is 0 Å². The van der Waals surface area contributed by atoms with Gasteiger partial charge < -0.3 is 5.73 Å². The van der Waals surface area contributed by atoms with Crippen LogP contribution in [0.1, 0.15) is 59.3 Å². The highest BCUT2D eigenvalue weighted by atomic mass is 14.4. The summed E-state index contributed by atoms with van der Waals surface area (Å²) in [5, 5.41) is 0. The second-order valence-corrected chi connectivity index (χ2v) is 3.45.